The topological polar surface area (TPSA) is 97.0 Å². The average Bonchev–Trinajstić information content (AvgIpc) is 3.15. The van der Waals surface area contributed by atoms with Gasteiger partial charge in [0.05, 0.1) is 0 Å². The van der Waals surface area contributed by atoms with Gasteiger partial charge in [-0.2, -0.15) is 9.97 Å². The molecule has 2 unspecified atom stereocenters. The largest absolute Gasteiger partial charge is 0.396 e. The summed E-state index contributed by atoms with van der Waals surface area (Å²) in [4.78, 5) is 12.6. The lowest BCUT2D eigenvalue weighted by molar-refractivity contribution is 0.229. The summed E-state index contributed by atoms with van der Waals surface area (Å²) in [7, 11) is 0. The van der Waals surface area contributed by atoms with Crippen molar-refractivity contribution in [3.63, 3.8) is 0 Å². The highest BCUT2D eigenvalue weighted by Crippen LogP contribution is 2.29. The molecule has 1 aliphatic rings. The zero-order chi connectivity index (χ0) is 17.1. The number of nitrogens with two attached hydrogens (primary N) is 1. The SMILES string of the molecule is Cc1csc(C#Cc2c(Cl)nc(N)nc2NC2CCC(CO)C2)n1. The molecule has 0 bridgehead atoms. The molecule has 1 fully saturated rings. The van der Waals surface area contributed by atoms with E-state index in [1.165, 1.54) is 11.3 Å². The van der Waals surface area contributed by atoms with E-state index < -0.39 is 0 Å². The van der Waals surface area contributed by atoms with Crippen molar-refractivity contribution < 1.29 is 5.11 Å². The Hall–Kier alpha value is -1.88. The van der Waals surface area contributed by atoms with Crippen molar-refractivity contribution in [1.82, 2.24) is 15.0 Å². The summed E-state index contributed by atoms with van der Waals surface area (Å²) in [5.74, 6) is 6.98. The first-order chi connectivity index (χ1) is 11.5. The summed E-state index contributed by atoms with van der Waals surface area (Å²) in [6, 6.07) is 0.218. The number of nitrogens with one attached hydrogen (secondary N) is 1. The van der Waals surface area contributed by atoms with Gasteiger partial charge in [0, 0.05) is 23.7 Å². The van der Waals surface area contributed by atoms with Crippen molar-refractivity contribution in [2.24, 2.45) is 5.92 Å². The highest BCUT2D eigenvalue weighted by molar-refractivity contribution is 7.10. The van der Waals surface area contributed by atoms with E-state index in [9.17, 15) is 5.11 Å². The van der Waals surface area contributed by atoms with Gasteiger partial charge in [-0.3, -0.25) is 0 Å². The van der Waals surface area contributed by atoms with Gasteiger partial charge in [0.25, 0.3) is 0 Å². The van der Waals surface area contributed by atoms with E-state index in [1.54, 1.807) is 0 Å². The summed E-state index contributed by atoms with van der Waals surface area (Å²) < 4.78 is 0. The van der Waals surface area contributed by atoms with E-state index in [0.29, 0.717) is 22.3 Å². The van der Waals surface area contributed by atoms with Crippen molar-refractivity contribution in [2.75, 3.05) is 17.7 Å². The van der Waals surface area contributed by atoms with Crippen LogP contribution in [0, 0.1) is 24.7 Å². The number of anilines is 2. The zero-order valence-electron chi connectivity index (χ0n) is 13.2. The van der Waals surface area contributed by atoms with E-state index in [-0.39, 0.29) is 23.8 Å². The van der Waals surface area contributed by atoms with Crippen LogP contribution in [0.2, 0.25) is 5.15 Å². The fourth-order valence-electron chi connectivity index (χ4n) is 2.76. The van der Waals surface area contributed by atoms with E-state index >= 15 is 0 Å². The molecule has 2 heterocycles. The molecule has 2 aromatic rings. The van der Waals surface area contributed by atoms with Crippen molar-refractivity contribution in [3.05, 3.63) is 26.8 Å². The smallest absolute Gasteiger partial charge is 0.223 e. The molecule has 0 radical (unpaired) electrons. The highest BCUT2D eigenvalue weighted by Gasteiger charge is 2.25. The van der Waals surface area contributed by atoms with Crippen molar-refractivity contribution in [1.29, 1.82) is 0 Å². The van der Waals surface area contributed by atoms with Crippen LogP contribution >= 0.6 is 22.9 Å². The van der Waals surface area contributed by atoms with E-state index in [1.807, 2.05) is 12.3 Å². The Labute approximate surface area is 149 Å². The standard InChI is InChI=1S/C16H18ClN5OS/c1-9-8-24-13(19-9)5-4-12-14(17)21-16(18)22-15(12)20-11-3-2-10(6-11)7-23/h8,10-11,23H,2-3,6-7H2,1H3,(H3,18,20,21,22). The first-order valence-corrected chi connectivity index (χ1v) is 8.95. The second-order valence-electron chi connectivity index (χ2n) is 5.84. The molecule has 8 heteroatoms. The number of halogens is 1. The number of aryl methyl sites for hydroxylation is 1. The molecule has 0 aliphatic heterocycles. The van der Waals surface area contributed by atoms with Crippen molar-refractivity contribution in [3.8, 4) is 11.8 Å². The Morgan fingerprint density at radius 2 is 2.21 bits per heavy atom. The monoisotopic (exact) mass is 363 g/mol. The summed E-state index contributed by atoms with van der Waals surface area (Å²) in [6.07, 6.45) is 2.84. The number of aliphatic hydroxyl groups excluding tert-OH is 1. The highest BCUT2D eigenvalue weighted by atomic mass is 35.5. The van der Waals surface area contributed by atoms with Crippen LogP contribution in [0.5, 0.6) is 0 Å². The van der Waals surface area contributed by atoms with Crippen molar-refractivity contribution in [2.45, 2.75) is 32.2 Å². The van der Waals surface area contributed by atoms with Crippen LogP contribution in [0.1, 0.15) is 35.5 Å². The third-order valence-electron chi connectivity index (χ3n) is 3.94. The number of aliphatic hydroxyl groups is 1. The Kier molecular flexibility index (Phi) is 5.19. The first-order valence-electron chi connectivity index (χ1n) is 7.69. The van der Waals surface area contributed by atoms with E-state index in [4.69, 9.17) is 17.3 Å². The normalized spacial score (nSPS) is 19.8. The number of rotatable bonds is 3. The van der Waals surface area contributed by atoms with Gasteiger partial charge in [0.15, 0.2) is 10.2 Å². The maximum atomic E-state index is 9.28. The Morgan fingerprint density at radius 1 is 1.38 bits per heavy atom. The second-order valence-corrected chi connectivity index (χ2v) is 7.06. The van der Waals surface area contributed by atoms with Crippen LogP contribution in [0.3, 0.4) is 0 Å². The van der Waals surface area contributed by atoms with Crippen molar-refractivity contribution >= 4 is 34.7 Å². The van der Waals surface area contributed by atoms with Crippen LogP contribution in [0.15, 0.2) is 5.38 Å². The quantitative estimate of drug-likeness (QED) is 0.572. The predicted molar refractivity (Wildman–Crippen MR) is 96.1 cm³/mol. The molecule has 3 rings (SSSR count). The average molecular weight is 364 g/mol. The van der Waals surface area contributed by atoms with Crippen LogP contribution in [0.4, 0.5) is 11.8 Å². The number of thiazole rings is 1. The summed E-state index contributed by atoms with van der Waals surface area (Å²) >= 11 is 7.70. The van der Waals surface area contributed by atoms with E-state index in [0.717, 1.165) is 25.0 Å². The van der Waals surface area contributed by atoms with Gasteiger partial charge in [-0.25, -0.2) is 4.98 Å². The number of hydrogen-bond donors (Lipinski definition) is 3. The lowest BCUT2D eigenvalue weighted by Gasteiger charge is -2.15. The molecule has 6 nitrogen and oxygen atoms in total. The maximum absolute atomic E-state index is 9.28. The number of nitrogen functional groups attached to an aromatic ring is 1. The molecule has 0 aromatic carbocycles. The number of hydrogen-bond acceptors (Lipinski definition) is 7. The molecule has 4 N–H and O–H groups in total. The summed E-state index contributed by atoms with van der Waals surface area (Å²) in [5.41, 5.74) is 7.17. The van der Waals surface area contributed by atoms with Crippen LogP contribution in [0.25, 0.3) is 0 Å². The molecule has 126 valence electrons. The van der Waals surface area contributed by atoms with Gasteiger partial charge in [0.1, 0.15) is 11.4 Å². The van der Waals surface area contributed by atoms with Gasteiger partial charge >= 0.3 is 0 Å². The molecule has 1 saturated carbocycles. The Bertz CT molecular complexity index is 797. The fourth-order valence-corrected chi connectivity index (χ4v) is 3.62. The zero-order valence-corrected chi connectivity index (χ0v) is 14.8. The molecular weight excluding hydrogens is 346 g/mol. The van der Waals surface area contributed by atoms with Gasteiger partial charge < -0.3 is 16.2 Å². The van der Waals surface area contributed by atoms with Gasteiger partial charge in [-0.05, 0) is 38.0 Å². The molecule has 24 heavy (non-hydrogen) atoms. The molecule has 1 aliphatic carbocycles. The minimum absolute atomic E-state index is 0.106. The molecular formula is C16H18ClN5OS. The first kappa shape index (κ1) is 17.0. The number of aromatic nitrogens is 3. The molecule has 2 aromatic heterocycles. The summed E-state index contributed by atoms with van der Waals surface area (Å²) in [6.45, 7) is 2.13. The lowest BCUT2D eigenvalue weighted by atomic mass is 10.1. The minimum atomic E-state index is 0.106. The predicted octanol–water partition coefficient (Wildman–Crippen LogP) is 2.45. The lowest BCUT2D eigenvalue weighted by Crippen LogP contribution is -2.19. The van der Waals surface area contributed by atoms with Gasteiger partial charge in [-0.1, -0.05) is 17.5 Å². The van der Waals surface area contributed by atoms with Gasteiger partial charge in [-0.15, -0.1) is 11.3 Å². The molecule has 0 amide bonds. The number of nitrogens with zero attached hydrogens (tertiary/aromatic N) is 3. The third kappa shape index (κ3) is 3.96. The Balaban J connectivity index is 1.87. The minimum Gasteiger partial charge on any atom is -0.396 e. The van der Waals surface area contributed by atoms with Crippen LogP contribution < -0.4 is 11.1 Å². The summed E-state index contributed by atoms with van der Waals surface area (Å²) in [5, 5.41) is 15.5. The molecule has 0 spiro atoms. The van der Waals surface area contributed by atoms with E-state index in [2.05, 4.69) is 32.1 Å². The van der Waals surface area contributed by atoms with Crippen LogP contribution in [-0.4, -0.2) is 32.7 Å². The fraction of sp³-hybridized carbons (Fsp3) is 0.438. The maximum Gasteiger partial charge on any atom is 0.223 e. The Morgan fingerprint density at radius 3 is 2.88 bits per heavy atom. The van der Waals surface area contributed by atoms with Gasteiger partial charge in [0.2, 0.25) is 5.95 Å². The third-order valence-corrected chi connectivity index (χ3v) is 5.08. The molecule has 2 atom stereocenters. The van der Waals surface area contributed by atoms with Crippen LogP contribution in [-0.2, 0) is 0 Å². The second kappa shape index (κ2) is 7.34. The molecule has 0 saturated heterocycles.